The summed E-state index contributed by atoms with van der Waals surface area (Å²) >= 11 is 0. The molecule has 4 N–H and O–H groups in total. The molecule has 0 bridgehead atoms. The minimum Gasteiger partial charge on any atom is -0.367 e. The summed E-state index contributed by atoms with van der Waals surface area (Å²) in [6.45, 7) is 2.15. The largest absolute Gasteiger partial charge is 0.367 e. The van der Waals surface area contributed by atoms with Gasteiger partial charge in [-0.1, -0.05) is 18.2 Å². The van der Waals surface area contributed by atoms with E-state index in [4.69, 9.17) is 5.73 Å². The second-order valence-electron chi connectivity index (χ2n) is 5.45. The molecule has 1 saturated heterocycles. The van der Waals surface area contributed by atoms with Crippen LogP contribution in [0.5, 0.6) is 0 Å². The van der Waals surface area contributed by atoms with Crippen molar-refractivity contribution in [1.29, 1.82) is 0 Å². The fourth-order valence-electron chi connectivity index (χ4n) is 2.68. The number of amides is 1. The molecule has 0 radical (unpaired) electrons. The van der Waals surface area contributed by atoms with Gasteiger partial charge in [-0.25, -0.2) is 0 Å². The number of carbonyl (C=O) groups is 1. The van der Waals surface area contributed by atoms with Crippen molar-refractivity contribution in [3.05, 3.63) is 41.7 Å². The van der Waals surface area contributed by atoms with Crippen LogP contribution in [-0.4, -0.2) is 45.1 Å². The fourth-order valence-corrected chi connectivity index (χ4v) is 2.68. The highest BCUT2D eigenvalue weighted by molar-refractivity contribution is 5.94. The van der Waals surface area contributed by atoms with Gasteiger partial charge in [-0.3, -0.25) is 9.89 Å². The molecule has 1 aromatic heterocycles. The molecule has 1 aliphatic heterocycles. The molecular weight excluding hydrogens is 280 g/mol. The van der Waals surface area contributed by atoms with Gasteiger partial charge in [-0.05, 0) is 25.0 Å². The minimum atomic E-state index is 0.113. The highest BCUT2D eigenvalue weighted by Crippen LogP contribution is 2.14. The molecule has 2 aromatic rings. The van der Waals surface area contributed by atoms with Gasteiger partial charge in [0.2, 0.25) is 5.95 Å². The van der Waals surface area contributed by atoms with E-state index in [1.165, 1.54) is 0 Å². The molecule has 116 valence electrons. The van der Waals surface area contributed by atoms with Crippen LogP contribution in [0.25, 0.3) is 0 Å². The first-order valence-corrected chi connectivity index (χ1v) is 7.47. The van der Waals surface area contributed by atoms with Crippen LogP contribution in [0.15, 0.2) is 30.3 Å². The lowest BCUT2D eigenvalue weighted by atomic mass is 10.0. The first-order valence-electron chi connectivity index (χ1n) is 7.47. The molecule has 0 aliphatic carbocycles. The van der Waals surface area contributed by atoms with Crippen LogP contribution < -0.4 is 11.1 Å². The lowest BCUT2D eigenvalue weighted by molar-refractivity contribution is 0.0704. The zero-order valence-electron chi connectivity index (χ0n) is 12.3. The summed E-state index contributed by atoms with van der Waals surface area (Å²) in [5, 5.41) is 10.0. The Hall–Kier alpha value is -2.41. The molecule has 7 heteroatoms. The average Bonchev–Trinajstić information content (AvgIpc) is 2.99. The van der Waals surface area contributed by atoms with Crippen LogP contribution in [0.3, 0.4) is 0 Å². The van der Waals surface area contributed by atoms with Crippen molar-refractivity contribution in [2.24, 2.45) is 0 Å². The lowest BCUT2D eigenvalue weighted by Gasteiger charge is -2.32. The molecule has 2 heterocycles. The number of nitrogens with one attached hydrogen (secondary N) is 2. The SMILES string of the molecule is Nc1n[nH]c(CNC2CCN(C(=O)c3ccccc3)CC2)n1. The standard InChI is InChI=1S/C15H20N6O/c16-15-18-13(19-20-15)10-17-12-6-8-21(9-7-12)14(22)11-4-2-1-3-5-11/h1-5,12,17H,6-10H2,(H3,16,18,19,20). The summed E-state index contributed by atoms with van der Waals surface area (Å²) in [4.78, 5) is 18.3. The summed E-state index contributed by atoms with van der Waals surface area (Å²) < 4.78 is 0. The molecule has 3 rings (SSSR count). The van der Waals surface area contributed by atoms with E-state index in [1.807, 2.05) is 35.2 Å². The number of piperidine rings is 1. The van der Waals surface area contributed by atoms with Gasteiger partial charge >= 0.3 is 0 Å². The molecular formula is C15H20N6O. The Balaban J connectivity index is 1.47. The molecule has 22 heavy (non-hydrogen) atoms. The third-order valence-corrected chi connectivity index (χ3v) is 3.91. The van der Waals surface area contributed by atoms with Crippen molar-refractivity contribution in [1.82, 2.24) is 25.4 Å². The van der Waals surface area contributed by atoms with Crippen molar-refractivity contribution in [2.45, 2.75) is 25.4 Å². The Kier molecular flexibility index (Phi) is 4.34. The van der Waals surface area contributed by atoms with Gasteiger partial charge in [0.1, 0.15) is 5.82 Å². The van der Waals surface area contributed by atoms with Crippen molar-refractivity contribution >= 4 is 11.9 Å². The van der Waals surface area contributed by atoms with Gasteiger partial charge in [-0.2, -0.15) is 4.98 Å². The van der Waals surface area contributed by atoms with Crippen LogP contribution in [0, 0.1) is 0 Å². The normalized spacial score (nSPS) is 15.9. The molecule has 0 unspecified atom stereocenters. The summed E-state index contributed by atoms with van der Waals surface area (Å²) in [6.07, 6.45) is 1.87. The molecule has 1 aliphatic rings. The van der Waals surface area contributed by atoms with Gasteiger partial charge in [-0.15, -0.1) is 5.10 Å². The fraction of sp³-hybridized carbons (Fsp3) is 0.400. The molecule has 0 spiro atoms. The number of nitrogens with two attached hydrogens (primary N) is 1. The summed E-state index contributed by atoms with van der Waals surface area (Å²) in [5.74, 6) is 1.11. The first-order chi connectivity index (χ1) is 10.7. The van der Waals surface area contributed by atoms with Crippen molar-refractivity contribution < 1.29 is 4.79 Å². The number of hydrogen-bond acceptors (Lipinski definition) is 5. The average molecular weight is 300 g/mol. The van der Waals surface area contributed by atoms with E-state index in [-0.39, 0.29) is 11.9 Å². The second kappa shape index (κ2) is 6.57. The second-order valence-corrected chi connectivity index (χ2v) is 5.45. The van der Waals surface area contributed by atoms with Gasteiger partial charge in [0.25, 0.3) is 5.91 Å². The molecule has 1 fully saturated rings. The zero-order chi connectivity index (χ0) is 15.4. The maximum Gasteiger partial charge on any atom is 0.253 e. The number of nitrogen functional groups attached to an aromatic ring is 1. The number of likely N-dealkylation sites (tertiary alicyclic amines) is 1. The predicted octanol–water partition coefficient (Wildman–Crippen LogP) is 0.781. The summed E-state index contributed by atoms with van der Waals surface area (Å²) in [6, 6.07) is 9.81. The topological polar surface area (TPSA) is 99.9 Å². The minimum absolute atomic E-state index is 0.113. The van der Waals surface area contributed by atoms with Gasteiger partial charge < -0.3 is 16.0 Å². The van der Waals surface area contributed by atoms with Crippen molar-refractivity contribution in [3.8, 4) is 0 Å². The van der Waals surface area contributed by atoms with E-state index in [2.05, 4.69) is 20.5 Å². The monoisotopic (exact) mass is 300 g/mol. The Morgan fingerprint density at radius 1 is 1.32 bits per heavy atom. The van der Waals surface area contributed by atoms with Gasteiger partial charge in [0, 0.05) is 24.7 Å². The van der Waals surface area contributed by atoms with Crippen LogP contribution in [0.2, 0.25) is 0 Å². The third-order valence-electron chi connectivity index (χ3n) is 3.91. The summed E-state index contributed by atoms with van der Waals surface area (Å²) in [5.41, 5.74) is 6.22. The smallest absolute Gasteiger partial charge is 0.253 e. The quantitative estimate of drug-likeness (QED) is 0.775. The van der Waals surface area contributed by atoms with E-state index >= 15 is 0 Å². The van der Waals surface area contributed by atoms with Gasteiger partial charge in [0.05, 0.1) is 6.54 Å². The Bertz CT molecular complexity index is 618. The number of carbonyl (C=O) groups excluding carboxylic acids is 1. The predicted molar refractivity (Wildman–Crippen MR) is 83.0 cm³/mol. The number of rotatable bonds is 4. The zero-order valence-corrected chi connectivity index (χ0v) is 12.3. The van der Waals surface area contributed by atoms with Crippen LogP contribution in [0.1, 0.15) is 29.0 Å². The van der Waals surface area contributed by atoms with Crippen molar-refractivity contribution in [2.75, 3.05) is 18.8 Å². The molecule has 0 saturated carbocycles. The third kappa shape index (κ3) is 3.43. The number of nitrogens with zero attached hydrogens (tertiary/aromatic N) is 3. The van der Waals surface area contributed by atoms with Crippen LogP contribution in [-0.2, 0) is 6.54 Å². The Morgan fingerprint density at radius 3 is 2.68 bits per heavy atom. The van der Waals surface area contributed by atoms with E-state index < -0.39 is 0 Å². The van der Waals surface area contributed by atoms with Gasteiger partial charge in [0.15, 0.2) is 0 Å². The number of aromatic nitrogens is 3. The Labute approximate surface area is 128 Å². The maximum atomic E-state index is 12.4. The van der Waals surface area contributed by atoms with E-state index in [0.29, 0.717) is 12.6 Å². The number of anilines is 1. The molecule has 1 aromatic carbocycles. The number of hydrogen-bond donors (Lipinski definition) is 3. The van der Waals surface area contributed by atoms with Crippen LogP contribution >= 0.6 is 0 Å². The van der Waals surface area contributed by atoms with E-state index in [0.717, 1.165) is 37.3 Å². The first kappa shape index (κ1) is 14.5. The summed E-state index contributed by atoms with van der Waals surface area (Å²) in [7, 11) is 0. The maximum absolute atomic E-state index is 12.4. The number of benzene rings is 1. The highest BCUT2D eigenvalue weighted by atomic mass is 16.2. The highest BCUT2D eigenvalue weighted by Gasteiger charge is 2.23. The van der Waals surface area contributed by atoms with E-state index in [1.54, 1.807) is 0 Å². The number of aromatic amines is 1. The Morgan fingerprint density at radius 2 is 2.05 bits per heavy atom. The van der Waals surface area contributed by atoms with E-state index in [9.17, 15) is 4.79 Å². The number of H-pyrrole nitrogens is 1. The molecule has 7 nitrogen and oxygen atoms in total. The molecule has 1 amide bonds. The van der Waals surface area contributed by atoms with Crippen molar-refractivity contribution in [3.63, 3.8) is 0 Å². The van der Waals surface area contributed by atoms with Crippen LogP contribution in [0.4, 0.5) is 5.95 Å². The molecule has 0 atom stereocenters. The lowest BCUT2D eigenvalue weighted by Crippen LogP contribution is -2.44.